The van der Waals surface area contributed by atoms with Gasteiger partial charge in [-0.25, -0.2) is 9.48 Å². The SMILES string of the molecule is CCn1[nH]cc(C(=O)c2ccc(Cl)c(OCCn3nc(COC)n(C)c3=O)c2C)c1=O. The van der Waals surface area contributed by atoms with E-state index in [9.17, 15) is 14.4 Å². The molecule has 0 amide bonds. The molecule has 0 atom stereocenters. The molecular weight excluding hydrogens is 426 g/mol. The minimum atomic E-state index is -0.419. The lowest BCUT2D eigenvalue weighted by Gasteiger charge is -2.13. The van der Waals surface area contributed by atoms with Crippen molar-refractivity contribution in [1.82, 2.24) is 24.1 Å². The number of ketones is 1. The first kappa shape index (κ1) is 22.6. The number of hydrogen-bond donors (Lipinski definition) is 1. The number of hydrogen-bond acceptors (Lipinski definition) is 6. The summed E-state index contributed by atoms with van der Waals surface area (Å²) < 4.78 is 14.9. The fourth-order valence-electron chi connectivity index (χ4n) is 3.20. The fraction of sp³-hybridized carbons (Fsp3) is 0.400. The van der Waals surface area contributed by atoms with Crippen molar-refractivity contribution in [3.05, 3.63) is 66.7 Å². The van der Waals surface area contributed by atoms with Gasteiger partial charge in [-0.3, -0.25) is 18.8 Å². The van der Waals surface area contributed by atoms with Crippen LogP contribution in [-0.2, 0) is 31.5 Å². The normalized spacial score (nSPS) is 11.1. The molecule has 0 radical (unpaired) electrons. The molecule has 3 rings (SSSR count). The largest absolute Gasteiger partial charge is 0.490 e. The number of carbonyl (C=O) groups excluding carboxylic acids is 1. The molecule has 1 aromatic carbocycles. The third-order valence-corrected chi connectivity index (χ3v) is 5.26. The Kier molecular flexibility index (Phi) is 6.81. The van der Waals surface area contributed by atoms with Crippen LogP contribution >= 0.6 is 11.6 Å². The second-order valence-corrected chi connectivity index (χ2v) is 7.28. The van der Waals surface area contributed by atoms with Gasteiger partial charge in [-0.05, 0) is 26.0 Å². The van der Waals surface area contributed by atoms with Gasteiger partial charge in [0.25, 0.3) is 5.56 Å². The van der Waals surface area contributed by atoms with E-state index in [2.05, 4.69) is 10.2 Å². The Hall–Kier alpha value is -3.11. The molecule has 0 aliphatic rings. The lowest BCUT2D eigenvalue weighted by Crippen LogP contribution is -2.26. The van der Waals surface area contributed by atoms with Gasteiger partial charge in [0, 0.05) is 38.0 Å². The molecular formula is C20H24ClN5O5. The standard InChI is InChI=1S/C20H24ClN5O5/c1-5-25-19(28)14(10-22-25)17(27)13-6-7-15(21)18(12(13)2)31-9-8-26-20(29)24(3)16(23-26)11-30-4/h6-7,10,22H,5,8-9,11H2,1-4H3. The van der Waals surface area contributed by atoms with E-state index in [1.807, 2.05) is 0 Å². The summed E-state index contributed by atoms with van der Waals surface area (Å²) in [5, 5.41) is 7.31. The van der Waals surface area contributed by atoms with Gasteiger partial charge in [-0.1, -0.05) is 11.6 Å². The van der Waals surface area contributed by atoms with Gasteiger partial charge in [-0.2, -0.15) is 5.10 Å². The third kappa shape index (κ3) is 4.35. The highest BCUT2D eigenvalue weighted by atomic mass is 35.5. The van der Waals surface area contributed by atoms with Gasteiger partial charge in [0.1, 0.15) is 24.5 Å². The number of aromatic nitrogens is 5. The van der Waals surface area contributed by atoms with Crippen molar-refractivity contribution < 1.29 is 14.3 Å². The van der Waals surface area contributed by atoms with E-state index >= 15 is 0 Å². The Morgan fingerprint density at radius 2 is 2.00 bits per heavy atom. The van der Waals surface area contributed by atoms with Gasteiger partial charge in [0.2, 0.25) is 5.78 Å². The van der Waals surface area contributed by atoms with Crippen molar-refractivity contribution in [2.75, 3.05) is 13.7 Å². The quantitative estimate of drug-likeness (QED) is 0.495. The minimum Gasteiger partial charge on any atom is -0.490 e. The van der Waals surface area contributed by atoms with Crippen LogP contribution in [0.25, 0.3) is 0 Å². The van der Waals surface area contributed by atoms with E-state index in [1.54, 1.807) is 33.0 Å². The van der Waals surface area contributed by atoms with Crippen LogP contribution in [0.3, 0.4) is 0 Å². The Morgan fingerprint density at radius 1 is 1.26 bits per heavy atom. The highest BCUT2D eigenvalue weighted by Gasteiger charge is 2.21. The number of aromatic amines is 1. The molecule has 0 aliphatic carbocycles. The summed E-state index contributed by atoms with van der Waals surface area (Å²) in [7, 11) is 3.14. The van der Waals surface area contributed by atoms with Crippen LogP contribution in [-0.4, -0.2) is 43.6 Å². The van der Waals surface area contributed by atoms with E-state index in [1.165, 1.54) is 27.2 Å². The van der Waals surface area contributed by atoms with Gasteiger partial charge in [0.15, 0.2) is 5.82 Å². The molecule has 2 heterocycles. The van der Waals surface area contributed by atoms with E-state index in [-0.39, 0.29) is 36.6 Å². The third-order valence-electron chi connectivity index (χ3n) is 4.96. The summed E-state index contributed by atoms with van der Waals surface area (Å²) in [5.74, 6) is 0.399. The van der Waals surface area contributed by atoms with E-state index in [4.69, 9.17) is 21.1 Å². The number of aryl methyl sites for hydroxylation is 1. The minimum absolute atomic E-state index is 0.0453. The molecule has 0 fully saturated rings. The zero-order valence-corrected chi connectivity index (χ0v) is 18.5. The second-order valence-electron chi connectivity index (χ2n) is 6.88. The zero-order valence-electron chi connectivity index (χ0n) is 17.8. The van der Waals surface area contributed by atoms with Gasteiger partial charge in [-0.15, -0.1) is 0 Å². The number of methoxy groups -OCH3 is 1. The van der Waals surface area contributed by atoms with Crippen LogP contribution in [0.5, 0.6) is 5.75 Å². The number of rotatable bonds is 9. The van der Waals surface area contributed by atoms with Crippen LogP contribution in [0.2, 0.25) is 5.02 Å². The van der Waals surface area contributed by atoms with E-state index in [0.717, 1.165) is 0 Å². The Labute approximate surface area is 182 Å². The monoisotopic (exact) mass is 449 g/mol. The molecule has 0 unspecified atom stereocenters. The van der Waals surface area contributed by atoms with Gasteiger partial charge < -0.3 is 14.6 Å². The molecule has 166 valence electrons. The summed E-state index contributed by atoms with van der Waals surface area (Å²) >= 11 is 6.28. The summed E-state index contributed by atoms with van der Waals surface area (Å²) in [6.07, 6.45) is 1.40. The molecule has 1 N–H and O–H groups in total. The fourth-order valence-corrected chi connectivity index (χ4v) is 3.46. The maximum absolute atomic E-state index is 12.9. The molecule has 3 aromatic rings. The zero-order chi connectivity index (χ0) is 22.7. The topological polar surface area (TPSA) is 113 Å². The first-order chi connectivity index (χ1) is 14.8. The van der Waals surface area contributed by atoms with E-state index in [0.29, 0.717) is 34.3 Å². The van der Waals surface area contributed by atoms with Gasteiger partial charge in [0.05, 0.1) is 11.6 Å². The lowest BCUT2D eigenvalue weighted by molar-refractivity contribution is 0.103. The molecule has 0 bridgehead atoms. The predicted octanol–water partition coefficient (Wildman–Crippen LogP) is 1.51. The number of H-pyrrole nitrogens is 1. The van der Waals surface area contributed by atoms with Crippen molar-refractivity contribution in [2.24, 2.45) is 7.05 Å². The molecule has 2 aromatic heterocycles. The van der Waals surface area contributed by atoms with Crippen LogP contribution in [0, 0.1) is 6.92 Å². The average Bonchev–Trinajstić information content (AvgIpc) is 3.25. The molecule has 10 nitrogen and oxygen atoms in total. The number of carbonyl (C=O) groups is 1. The Balaban J connectivity index is 1.81. The van der Waals surface area contributed by atoms with Crippen molar-refractivity contribution in [3.63, 3.8) is 0 Å². The Bertz CT molecular complexity index is 1220. The molecule has 0 saturated carbocycles. The highest BCUT2D eigenvalue weighted by molar-refractivity contribution is 6.32. The summed E-state index contributed by atoms with van der Waals surface area (Å²) in [6, 6.07) is 3.11. The predicted molar refractivity (Wildman–Crippen MR) is 114 cm³/mol. The van der Waals surface area contributed by atoms with Crippen molar-refractivity contribution >= 4 is 17.4 Å². The summed E-state index contributed by atoms with van der Waals surface area (Å²) in [5.41, 5.74) is 0.197. The summed E-state index contributed by atoms with van der Waals surface area (Å²) in [4.78, 5) is 37.5. The van der Waals surface area contributed by atoms with Crippen LogP contribution in [0.4, 0.5) is 0 Å². The molecule has 0 aliphatic heterocycles. The number of nitrogens with one attached hydrogen (secondary N) is 1. The average molecular weight is 450 g/mol. The molecule has 11 heteroatoms. The molecule has 0 saturated heterocycles. The highest BCUT2D eigenvalue weighted by Crippen LogP contribution is 2.31. The van der Waals surface area contributed by atoms with Crippen LogP contribution in [0.15, 0.2) is 27.9 Å². The molecule has 0 spiro atoms. The molecule has 31 heavy (non-hydrogen) atoms. The van der Waals surface area contributed by atoms with Crippen molar-refractivity contribution in [3.8, 4) is 5.75 Å². The van der Waals surface area contributed by atoms with Crippen LogP contribution in [0.1, 0.15) is 34.2 Å². The first-order valence-corrected chi connectivity index (χ1v) is 10.0. The van der Waals surface area contributed by atoms with E-state index < -0.39 is 5.78 Å². The maximum Gasteiger partial charge on any atom is 0.345 e. The number of ether oxygens (including phenoxy) is 2. The maximum atomic E-state index is 12.9. The van der Waals surface area contributed by atoms with Crippen molar-refractivity contribution in [2.45, 2.75) is 33.5 Å². The second kappa shape index (κ2) is 9.36. The Morgan fingerprint density at radius 3 is 2.65 bits per heavy atom. The van der Waals surface area contributed by atoms with Crippen LogP contribution < -0.4 is 16.0 Å². The number of benzene rings is 1. The lowest BCUT2D eigenvalue weighted by atomic mass is 10.0. The number of nitrogens with zero attached hydrogens (tertiary/aromatic N) is 4. The van der Waals surface area contributed by atoms with Crippen molar-refractivity contribution in [1.29, 1.82) is 0 Å². The smallest absolute Gasteiger partial charge is 0.345 e. The van der Waals surface area contributed by atoms with Gasteiger partial charge >= 0.3 is 5.69 Å². The first-order valence-electron chi connectivity index (χ1n) is 9.66. The number of halogens is 1. The summed E-state index contributed by atoms with van der Waals surface area (Å²) in [6.45, 7) is 4.43.